The van der Waals surface area contributed by atoms with Gasteiger partial charge in [-0.2, -0.15) is 5.26 Å². The molecule has 200 valence electrons. The highest BCUT2D eigenvalue weighted by Crippen LogP contribution is 2.29. The van der Waals surface area contributed by atoms with Crippen LogP contribution in [0.3, 0.4) is 0 Å². The van der Waals surface area contributed by atoms with Crippen molar-refractivity contribution in [3.05, 3.63) is 54.1 Å². The van der Waals surface area contributed by atoms with Gasteiger partial charge in [-0.05, 0) is 44.0 Å². The van der Waals surface area contributed by atoms with E-state index in [0.29, 0.717) is 19.3 Å². The van der Waals surface area contributed by atoms with Gasteiger partial charge in [-0.25, -0.2) is 4.98 Å². The number of carbonyl (C=O) groups is 2. The van der Waals surface area contributed by atoms with Gasteiger partial charge in [-0.3, -0.25) is 14.7 Å². The van der Waals surface area contributed by atoms with Gasteiger partial charge in [-0.15, -0.1) is 0 Å². The van der Waals surface area contributed by atoms with Crippen molar-refractivity contribution < 1.29 is 14.7 Å². The Morgan fingerprint density at radius 1 is 1.32 bits per heavy atom. The number of likely N-dealkylation sites (tertiary alicyclic amines) is 1. The number of benzene rings is 1. The molecule has 0 spiro atoms. The smallest absolute Gasteiger partial charge is 0.247 e. The maximum Gasteiger partial charge on any atom is 0.247 e. The lowest BCUT2D eigenvalue weighted by Gasteiger charge is -2.32. The summed E-state index contributed by atoms with van der Waals surface area (Å²) in [5, 5.41) is 20.7. The fraction of sp³-hybridized carbons (Fsp3) is 0.464. The van der Waals surface area contributed by atoms with Gasteiger partial charge in [0, 0.05) is 43.2 Å². The van der Waals surface area contributed by atoms with E-state index in [4.69, 9.17) is 10.4 Å². The summed E-state index contributed by atoms with van der Waals surface area (Å²) < 4.78 is 0. The minimum atomic E-state index is -0.519. The van der Waals surface area contributed by atoms with Crippen LogP contribution in [-0.4, -0.2) is 68.9 Å². The fourth-order valence-corrected chi connectivity index (χ4v) is 5.20. The highest BCUT2D eigenvalue weighted by atomic mass is 16.3. The van der Waals surface area contributed by atoms with E-state index in [1.807, 2.05) is 55.4 Å². The van der Waals surface area contributed by atoms with Gasteiger partial charge in [0.25, 0.3) is 0 Å². The third kappa shape index (κ3) is 6.47. The lowest BCUT2D eigenvalue weighted by Crippen LogP contribution is -2.44. The Hall–Kier alpha value is -3.97. The van der Waals surface area contributed by atoms with Crippen LogP contribution in [-0.2, 0) is 9.59 Å². The molecule has 2 aromatic heterocycles. The van der Waals surface area contributed by atoms with Crippen molar-refractivity contribution in [2.24, 2.45) is 0 Å². The number of nitriles is 1. The highest BCUT2D eigenvalue weighted by molar-refractivity contribution is 5.88. The monoisotopic (exact) mass is 517 g/mol. The molecule has 3 N–H and O–H groups in total. The summed E-state index contributed by atoms with van der Waals surface area (Å²) in [7, 11) is 1.96. The number of anilines is 1. The van der Waals surface area contributed by atoms with Crippen molar-refractivity contribution in [2.45, 2.75) is 69.7 Å². The van der Waals surface area contributed by atoms with Gasteiger partial charge in [0.15, 0.2) is 6.19 Å². The Kier molecular flexibility index (Phi) is 8.92. The van der Waals surface area contributed by atoms with E-state index in [2.05, 4.69) is 20.3 Å². The predicted octanol–water partition coefficient (Wildman–Crippen LogP) is 2.99. The number of rotatable bonds is 6. The second kappa shape index (κ2) is 12.5. The average Bonchev–Trinajstić information content (AvgIpc) is 3.50. The van der Waals surface area contributed by atoms with Crippen molar-refractivity contribution in [3.8, 4) is 6.19 Å². The minimum Gasteiger partial charge on any atom is -0.391 e. The van der Waals surface area contributed by atoms with Gasteiger partial charge in [-0.1, -0.05) is 25.3 Å². The molecular weight excluding hydrogens is 482 g/mol. The maximum atomic E-state index is 13.3. The number of H-pyrrole nitrogens is 1. The molecule has 3 atom stereocenters. The number of nitrogens with one attached hydrogen (secondary N) is 2. The Morgan fingerprint density at radius 3 is 2.76 bits per heavy atom. The lowest BCUT2D eigenvalue weighted by atomic mass is 9.95. The Balaban J connectivity index is 0.000000283. The quantitative estimate of drug-likeness (QED) is 0.335. The lowest BCUT2D eigenvalue weighted by molar-refractivity contribution is -0.123. The molecular formula is C28H35N7O3. The minimum absolute atomic E-state index is 0.0308. The molecule has 1 aliphatic heterocycles. The van der Waals surface area contributed by atoms with Crippen LogP contribution in [0.4, 0.5) is 5.69 Å². The summed E-state index contributed by atoms with van der Waals surface area (Å²) in [4.78, 5) is 38.8. The number of imidazole rings is 1. The van der Waals surface area contributed by atoms with Crippen molar-refractivity contribution >= 4 is 28.9 Å². The van der Waals surface area contributed by atoms with E-state index in [1.54, 1.807) is 12.4 Å². The van der Waals surface area contributed by atoms with Crippen LogP contribution >= 0.6 is 0 Å². The third-order valence-electron chi connectivity index (χ3n) is 7.19. The maximum absolute atomic E-state index is 13.3. The molecule has 3 unspecified atom stereocenters. The zero-order chi connectivity index (χ0) is 27.1. The summed E-state index contributed by atoms with van der Waals surface area (Å²) in [5.41, 5.74) is 3.75. The number of nitrogens with zero attached hydrogens (tertiary/aromatic N) is 5. The summed E-state index contributed by atoms with van der Waals surface area (Å²) in [6, 6.07) is 9.33. The number of aliphatic hydroxyl groups is 1. The summed E-state index contributed by atoms with van der Waals surface area (Å²) >= 11 is 0. The van der Waals surface area contributed by atoms with E-state index in [1.165, 1.54) is 24.2 Å². The van der Waals surface area contributed by atoms with E-state index in [0.717, 1.165) is 41.0 Å². The summed E-state index contributed by atoms with van der Waals surface area (Å²) in [6.07, 6.45) is 11.7. The number of β-amino-alcohol motifs (C(OH)–C–C–N with tert-alkyl or cyclic N) is 1. The van der Waals surface area contributed by atoms with Crippen LogP contribution in [0.5, 0.6) is 0 Å². The molecule has 38 heavy (non-hydrogen) atoms. The van der Waals surface area contributed by atoms with Crippen LogP contribution in [0.1, 0.15) is 56.0 Å². The van der Waals surface area contributed by atoms with Crippen molar-refractivity contribution in [2.75, 3.05) is 18.5 Å². The first-order chi connectivity index (χ1) is 18.4. The Morgan fingerprint density at radius 2 is 2.11 bits per heavy atom. The first kappa shape index (κ1) is 27.1. The second-order valence-corrected chi connectivity index (χ2v) is 10.0. The standard InChI is InChI=1S/C22H27N5O.C6H8N2O2/c1-15-24-19-11-10-18(13-20(19)25-15)27(2)21(16-7-6-12-23-14-16)22(28)26-17-8-4-3-5-9-17;7-4-8-2-6(10)1-5(8)3-9/h6-7,10-14,17,21H,3-5,8-9H2,1-2H3,(H,24,25)(H,26,28);3,5-6,10H,1-2H2. The number of carbonyl (C=O) groups excluding carboxylic acids is 2. The normalized spacial score (nSPS) is 20.2. The van der Waals surface area contributed by atoms with E-state index < -0.39 is 18.2 Å². The molecule has 1 aliphatic carbocycles. The summed E-state index contributed by atoms with van der Waals surface area (Å²) in [6.45, 7) is 2.24. The van der Waals surface area contributed by atoms with Crippen molar-refractivity contribution in [1.29, 1.82) is 5.26 Å². The highest BCUT2D eigenvalue weighted by Gasteiger charge is 2.30. The number of likely N-dealkylation sites (N-methyl/N-ethyl adjacent to an activating group) is 1. The number of fused-ring (bicyclic) bond motifs is 1. The molecule has 0 radical (unpaired) electrons. The van der Waals surface area contributed by atoms with E-state index in [-0.39, 0.29) is 11.9 Å². The Labute approximate surface area is 222 Å². The molecule has 1 aromatic carbocycles. The molecule has 2 fully saturated rings. The number of aromatic nitrogens is 3. The molecule has 0 bridgehead atoms. The van der Waals surface area contributed by atoms with Gasteiger partial charge >= 0.3 is 0 Å². The largest absolute Gasteiger partial charge is 0.391 e. The number of aldehydes is 1. The molecule has 10 heteroatoms. The van der Waals surface area contributed by atoms with E-state index >= 15 is 0 Å². The summed E-state index contributed by atoms with van der Waals surface area (Å²) in [5.74, 6) is 0.914. The molecule has 5 rings (SSSR count). The number of pyridine rings is 1. The molecule has 1 saturated heterocycles. The molecule has 3 aromatic rings. The first-order valence-electron chi connectivity index (χ1n) is 13.1. The van der Waals surface area contributed by atoms with Crippen LogP contribution in [0.25, 0.3) is 11.0 Å². The van der Waals surface area contributed by atoms with Crippen molar-refractivity contribution in [1.82, 2.24) is 25.2 Å². The zero-order valence-electron chi connectivity index (χ0n) is 21.9. The molecule has 1 saturated carbocycles. The van der Waals surface area contributed by atoms with Crippen LogP contribution < -0.4 is 10.2 Å². The molecule has 1 amide bonds. The molecule has 10 nitrogen and oxygen atoms in total. The third-order valence-corrected chi connectivity index (χ3v) is 7.19. The van der Waals surface area contributed by atoms with Gasteiger partial charge in [0.1, 0.15) is 18.2 Å². The van der Waals surface area contributed by atoms with Gasteiger partial charge < -0.3 is 25.1 Å². The number of hydrogen-bond donors (Lipinski definition) is 3. The van der Waals surface area contributed by atoms with E-state index in [9.17, 15) is 9.59 Å². The molecule has 3 heterocycles. The fourth-order valence-electron chi connectivity index (χ4n) is 5.20. The van der Waals surface area contributed by atoms with Crippen molar-refractivity contribution in [3.63, 3.8) is 0 Å². The zero-order valence-corrected chi connectivity index (χ0v) is 21.9. The van der Waals surface area contributed by atoms with Crippen LogP contribution in [0.2, 0.25) is 0 Å². The average molecular weight is 518 g/mol. The van der Waals surface area contributed by atoms with Crippen LogP contribution in [0.15, 0.2) is 42.7 Å². The van der Waals surface area contributed by atoms with Gasteiger partial charge in [0.2, 0.25) is 5.91 Å². The predicted molar refractivity (Wildman–Crippen MR) is 144 cm³/mol. The topological polar surface area (TPSA) is 138 Å². The SMILES string of the molecule is Cc1nc2ccc(N(C)C(C(=O)NC3CCCCC3)c3cccnc3)cc2[nH]1.N#CN1CC(O)CC1C=O. The number of hydrogen-bond acceptors (Lipinski definition) is 8. The number of aryl methyl sites for hydroxylation is 1. The second-order valence-electron chi connectivity index (χ2n) is 10.0. The van der Waals surface area contributed by atoms with Crippen LogP contribution in [0, 0.1) is 18.4 Å². The number of aromatic amines is 1. The first-order valence-corrected chi connectivity index (χ1v) is 13.1. The number of amides is 1. The Bertz CT molecular complexity index is 1270. The van der Waals surface area contributed by atoms with Gasteiger partial charge in [0.05, 0.1) is 29.7 Å². The number of aliphatic hydroxyl groups excluding tert-OH is 1. The molecule has 2 aliphatic rings.